The first-order valence-electron chi connectivity index (χ1n) is 5.02. The maximum Gasteiger partial charge on any atom is 0.408 e. The molecule has 0 unspecified atom stereocenters. The van der Waals surface area contributed by atoms with Gasteiger partial charge in [0.15, 0.2) is 0 Å². The summed E-state index contributed by atoms with van der Waals surface area (Å²) in [6.07, 6.45) is -0.618. The van der Waals surface area contributed by atoms with E-state index in [2.05, 4.69) is 15.4 Å². The van der Waals surface area contributed by atoms with Gasteiger partial charge in [0.05, 0.1) is 0 Å². The largest absolute Gasteiger partial charge is 0.444 e. The lowest BCUT2D eigenvalue weighted by Gasteiger charge is -2.21. The van der Waals surface area contributed by atoms with Crippen LogP contribution in [0.25, 0.3) is 0 Å². The van der Waals surface area contributed by atoms with Gasteiger partial charge in [0.2, 0.25) is 5.91 Å². The fraction of sp³-hybridized carbons (Fsp3) is 0.800. The molecular formula is C10H20N2O4. The summed E-state index contributed by atoms with van der Waals surface area (Å²) in [5.41, 5.74) is -0.577. The summed E-state index contributed by atoms with van der Waals surface area (Å²) < 4.78 is 9.67. The number of amides is 2. The van der Waals surface area contributed by atoms with Crippen molar-refractivity contribution >= 4 is 12.0 Å². The molecule has 6 heteroatoms. The fourth-order valence-electron chi connectivity index (χ4n) is 0.846. The molecule has 0 saturated carbocycles. The van der Waals surface area contributed by atoms with E-state index in [1.54, 1.807) is 27.7 Å². The van der Waals surface area contributed by atoms with Crippen LogP contribution in [0.2, 0.25) is 0 Å². The number of ether oxygens (including phenoxy) is 2. The van der Waals surface area contributed by atoms with Gasteiger partial charge in [-0.1, -0.05) is 0 Å². The second kappa shape index (κ2) is 6.32. The van der Waals surface area contributed by atoms with Crippen LogP contribution in [0.1, 0.15) is 27.7 Å². The van der Waals surface area contributed by atoms with Gasteiger partial charge in [-0.15, -0.1) is 0 Å². The number of rotatable bonds is 4. The Balaban J connectivity index is 3.99. The van der Waals surface area contributed by atoms with Crippen molar-refractivity contribution < 1.29 is 19.1 Å². The van der Waals surface area contributed by atoms with Gasteiger partial charge in [-0.3, -0.25) is 4.79 Å². The van der Waals surface area contributed by atoms with Crippen LogP contribution in [-0.4, -0.2) is 37.5 Å². The zero-order valence-corrected chi connectivity index (χ0v) is 10.4. The minimum Gasteiger partial charge on any atom is -0.444 e. The highest BCUT2D eigenvalue weighted by Gasteiger charge is 2.20. The van der Waals surface area contributed by atoms with E-state index < -0.39 is 17.7 Å². The standard InChI is InChI=1S/C10H20N2O4/c1-7(8(13)11-6-15-5)12-9(14)16-10(2,3)4/h7H,6H2,1-5H3,(H,11,13)(H,12,14)/t7-/m1/s1. The summed E-state index contributed by atoms with van der Waals surface area (Å²) in [5.74, 6) is -0.326. The van der Waals surface area contributed by atoms with E-state index in [0.29, 0.717) is 0 Å². The molecule has 0 aromatic carbocycles. The lowest BCUT2D eigenvalue weighted by Crippen LogP contribution is -2.46. The Hall–Kier alpha value is -1.30. The molecule has 0 fully saturated rings. The summed E-state index contributed by atoms with van der Waals surface area (Å²) in [7, 11) is 1.46. The highest BCUT2D eigenvalue weighted by atomic mass is 16.6. The average Bonchev–Trinajstić information content (AvgIpc) is 2.10. The van der Waals surface area contributed by atoms with Crippen LogP contribution in [0.5, 0.6) is 0 Å². The molecule has 0 rings (SSSR count). The van der Waals surface area contributed by atoms with Crippen LogP contribution < -0.4 is 10.6 Å². The lowest BCUT2D eigenvalue weighted by atomic mass is 10.2. The van der Waals surface area contributed by atoms with Crippen molar-refractivity contribution in [3.05, 3.63) is 0 Å². The summed E-state index contributed by atoms with van der Waals surface area (Å²) >= 11 is 0. The van der Waals surface area contributed by atoms with E-state index in [0.717, 1.165) is 0 Å². The third-order valence-corrected chi connectivity index (χ3v) is 1.52. The topological polar surface area (TPSA) is 76.7 Å². The molecule has 0 aliphatic heterocycles. The predicted octanol–water partition coefficient (Wildman–Crippen LogP) is 0.620. The van der Waals surface area contributed by atoms with Crippen molar-refractivity contribution in [3.63, 3.8) is 0 Å². The van der Waals surface area contributed by atoms with Gasteiger partial charge in [-0.2, -0.15) is 0 Å². The van der Waals surface area contributed by atoms with Crippen LogP contribution in [0.15, 0.2) is 0 Å². The van der Waals surface area contributed by atoms with Crippen LogP contribution in [0, 0.1) is 0 Å². The van der Waals surface area contributed by atoms with Gasteiger partial charge in [0.1, 0.15) is 18.4 Å². The van der Waals surface area contributed by atoms with E-state index in [9.17, 15) is 9.59 Å². The molecule has 6 nitrogen and oxygen atoms in total. The normalized spacial score (nSPS) is 12.8. The van der Waals surface area contributed by atoms with Crippen molar-refractivity contribution in [2.45, 2.75) is 39.3 Å². The number of alkyl carbamates (subject to hydrolysis) is 1. The number of hydrogen-bond donors (Lipinski definition) is 2. The van der Waals surface area contributed by atoms with Gasteiger partial charge in [-0.25, -0.2) is 4.79 Å². The first-order chi connectivity index (χ1) is 7.26. The Labute approximate surface area is 95.7 Å². The fourth-order valence-corrected chi connectivity index (χ4v) is 0.846. The number of nitrogens with one attached hydrogen (secondary N) is 2. The molecule has 0 aromatic heterocycles. The maximum absolute atomic E-state index is 11.3. The molecule has 16 heavy (non-hydrogen) atoms. The van der Waals surface area contributed by atoms with Crippen LogP contribution in [-0.2, 0) is 14.3 Å². The van der Waals surface area contributed by atoms with E-state index in [-0.39, 0.29) is 12.6 Å². The molecule has 0 aliphatic carbocycles. The second-order valence-corrected chi connectivity index (χ2v) is 4.34. The number of hydrogen-bond acceptors (Lipinski definition) is 4. The molecule has 0 spiro atoms. The molecule has 94 valence electrons. The molecular weight excluding hydrogens is 212 g/mol. The molecule has 0 bridgehead atoms. The van der Waals surface area contributed by atoms with E-state index in [4.69, 9.17) is 4.74 Å². The minimum atomic E-state index is -0.662. The third kappa shape index (κ3) is 7.05. The quantitative estimate of drug-likeness (QED) is 0.697. The second-order valence-electron chi connectivity index (χ2n) is 4.34. The summed E-state index contributed by atoms with van der Waals surface area (Å²) in [5, 5.41) is 4.89. The molecule has 2 amide bonds. The zero-order valence-electron chi connectivity index (χ0n) is 10.4. The van der Waals surface area contributed by atoms with Gasteiger partial charge >= 0.3 is 6.09 Å². The Morgan fingerprint density at radius 3 is 2.31 bits per heavy atom. The Morgan fingerprint density at radius 1 is 1.31 bits per heavy atom. The highest BCUT2D eigenvalue weighted by Crippen LogP contribution is 2.06. The summed E-state index contributed by atoms with van der Waals surface area (Å²) in [6, 6.07) is -0.662. The third-order valence-electron chi connectivity index (χ3n) is 1.52. The molecule has 1 atom stereocenters. The summed E-state index contributed by atoms with van der Waals surface area (Å²) in [4.78, 5) is 22.6. The van der Waals surface area contributed by atoms with Crippen molar-refractivity contribution in [2.75, 3.05) is 13.8 Å². The van der Waals surface area contributed by atoms with Crippen LogP contribution in [0.4, 0.5) is 4.79 Å². The SMILES string of the molecule is COCNC(=O)[C@@H](C)NC(=O)OC(C)(C)C. The van der Waals surface area contributed by atoms with E-state index >= 15 is 0 Å². The highest BCUT2D eigenvalue weighted by molar-refractivity contribution is 5.85. The average molecular weight is 232 g/mol. The Bertz CT molecular complexity index is 248. The molecule has 0 saturated heterocycles. The van der Waals surface area contributed by atoms with Gasteiger partial charge in [-0.05, 0) is 27.7 Å². The molecule has 0 heterocycles. The molecule has 0 aromatic rings. The minimum absolute atomic E-state index is 0.110. The lowest BCUT2D eigenvalue weighted by molar-refractivity contribution is -0.124. The number of methoxy groups -OCH3 is 1. The first-order valence-corrected chi connectivity index (χ1v) is 5.02. The number of carbonyl (C=O) groups excluding carboxylic acids is 2. The van der Waals surface area contributed by atoms with Gasteiger partial charge in [0, 0.05) is 7.11 Å². The zero-order chi connectivity index (χ0) is 12.8. The molecule has 2 N–H and O–H groups in total. The van der Waals surface area contributed by atoms with Crippen molar-refractivity contribution in [1.82, 2.24) is 10.6 Å². The van der Waals surface area contributed by atoms with Crippen LogP contribution >= 0.6 is 0 Å². The molecule has 0 radical (unpaired) electrons. The van der Waals surface area contributed by atoms with Gasteiger partial charge in [0.25, 0.3) is 0 Å². The Morgan fingerprint density at radius 2 is 1.88 bits per heavy atom. The van der Waals surface area contributed by atoms with Crippen molar-refractivity contribution in [3.8, 4) is 0 Å². The maximum atomic E-state index is 11.3. The van der Waals surface area contributed by atoms with Crippen LogP contribution in [0.3, 0.4) is 0 Å². The number of carbonyl (C=O) groups is 2. The monoisotopic (exact) mass is 232 g/mol. The summed E-state index contributed by atoms with van der Waals surface area (Å²) in [6.45, 7) is 6.93. The van der Waals surface area contributed by atoms with Gasteiger partial charge < -0.3 is 20.1 Å². The van der Waals surface area contributed by atoms with Crippen molar-refractivity contribution in [1.29, 1.82) is 0 Å². The molecule has 0 aliphatic rings. The van der Waals surface area contributed by atoms with Crippen molar-refractivity contribution in [2.24, 2.45) is 0 Å². The first kappa shape index (κ1) is 14.7. The van der Waals surface area contributed by atoms with E-state index in [1.807, 2.05) is 0 Å². The predicted molar refractivity (Wildman–Crippen MR) is 58.9 cm³/mol. The van der Waals surface area contributed by atoms with E-state index in [1.165, 1.54) is 7.11 Å². The Kier molecular flexibility index (Phi) is 5.81. The smallest absolute Gasteiger partial charge is 0.408 e.